The van der Waals surface area contributed by atoms with E-state index in [0.29, 0.717) is 0 Å². The Morgan fingerprint density at radius 2 is 1.71 bits per heavy atom. The van der Waals surface area contributed by atoms with Crippen molar-refractivity contribution in [2.75, 3.05) is 19.5 Å². The molecular formula is C17H20FNO2. The van der Waals surface area contributed by atoms with Crippen LogP contribution in [0.15, 0.2) is 36.4 Å². The molecule has 112 valence electrons. The van der Waals surface area contributed by atoms with E-state index in [1.54, 1.807) is 19.2 Å². The maximum absolute atomic E-state index is 13.5. The van der Waals surface area contributed by atoms with Crippen LogP contribution in [0.5, 0.6) is 11.5 Å². The molecule has 0 aliphatic heterocycles. The Bertz CT molecular complexity index is 628. The first-order valence-electron chi connectivity index (χ1n) is 6.79. The molecular weight excluding hydrogens is 269 g/mol. The first-order chi connectivity index (χ1) is 10.0. The molecule has 2 aromatic rings. The van der Waals surface area contributed by atoms with Crippen molar-refractivity contribution in [1.29, 1.82) is 0 Å². The molecule has 0 aliphatic carbocycles. The van der Waals surface area contributed by atoms with Gasteiger partial charge >= 0.3 is 0 Å². The normalized spacial score (nSPS) is 11.9. The summed E-state index contributed by atoms with van der Waals surface area (Å²) in [5.74, 6) is 0.675. The van der Waals surface area contributed by atoms with E-state index in [0.717, 1.165) is 22.6 Å². The molecule has 2 aromatic carbocycles. The van der Waals surface area contributed by atoms with Gasteiger partial charge in [0.15, 0.2) is 11.6 Å². The van der Waals surface area contributed by atoms with Crippen molar-refractivity contribution in [1.82, 2.24) is 0 Å². The number of hydrogen-bond donors (Lipinski definition) is 1. The predicted octanol–water partition coefficient (Wildman–Crippen LogP) is 4.32. The lowest BCUT2D eigenvalue weighted by Gasteiger charge is -2.19. The van der Waals surface area contributed by atoms with Crippen molar-refractivity contribution in [3.63, 3.8) is 0 Å². The van der Waals surface area contributed by atoms with Crippen LogP contribution in [0, 0.1) is 12.7 Å². The Morgan fingerprint density at radius 3 is 2.38 bits per heavy atom. The zero-order valence-corrected chi connectivity index (χ0v) is 12.7. The van der Waals surface area contributed by atoms with Crippen LogP contribution in [0.25, 0.3) is 0 Å². The first kappa shape index (κ1) is 15.2. The third-order valence-electron chi connectivity index (χ3n) is 3.40. The van der Waals surface area contributed by atoms with Gasteiger partial charge in [0, 0.05) is 6.04 Å². The molecule has 1 N–H and O–H groups in total. The van der Waals surface area contributed by atoms with E-state index in [1.165, 1.54) is 13.2 Å². The van der Waals surface area contributed by atoms with Crippen LogP contribution in [0.1, 0.15) is 24.1 Å². The second-order valence-corrected chi connectivity index (χ2v) is 4.96. The molecule has 0 radical (unpaired) electrons. The van der Waals surface area contributed by atoms with Crippen LogP contribution >= 0.6 is 0 Å². The van der Waals surface area contributed by atoms with Gasteiger partial charge in [0.05, 0.1) is 19.9 Å². The summed E-state index contributed by atoms with van der Waals surface area (Å²) in [6.45, 7) is 4.02. The molecule has 0 aromatic heterocycles. The predicted molar refractivity (Wildman–Crippen MR) is 82.7 cm³/mol. The lowest BCUT2D eigenvalue weighted by molar-refractivity contribution is 0.385. The number of rotatable bonds is 5. The smallest absolute Gasteiger partial charge is 0.165 e. The molecule has 0 amide bonds. The first-order valence-corrected chi connectivity index (χ1v) is 6.79. The van der Waals surface area contributed by atoms with E-state index in [9.17, 15) is 4.39 Å². The summed E-state index contributed by atoms with van der Waals surface area (Å²) >= 11 is 0. The number of halogens is 1. The van der Waals surface area contributed by atoms with Crippen molar-refractivity contribution in [3.8, 4) is 11.5 Å². The van der Waals surface area contributed by atoms with Crippen LogP contribution in [0.2, 0.25) is 0 Å². The third-order valence-corrected chi connectivity index (χ3v) is 3.40. The van der Waals surface area contributed by atoms with Gasteiger partial charge < -0.3 is 14.8 Å². The van der Waals surface area contributed by atoms with Gasteiger partial charge in [0.1, 0.15) is 5.75 Å². The average Bonchev–Trinajstić information content (AvgIpc) is 2.49. The number of nitrogens with one attached hydrogen (secondary N) is 1. The monoisotopic (exact) mass is 289 g/mol. The van der Waals surface area contributed by atoms with E-state index < -0.39 is 0 Å². The Morgan fingerprint density at radius 1 is 1.00 bits per heavy atom. The topological polar surface area (TPSA) is 30.5 Å². The summed E-state index contributed by atoms with van der Waals surface area (Å²) in [5, 5.41) is 3.37. The molecule has 0 fully saturated rings. The molecule has 0 heterocycles. The quantitative estimate of drug-likeness (QED) is 0.889. The second kappa shape index (κ2) is 6.48. The molecule has 3 nitrogen and oxygen atoms in total. The zero-order valence-electron chi connectivity index (χ0n) is 12.7. The van der Waals surface area contributed by atoms with Gasteiger partial charge in [-0.3, -0.25) is 0 Å². The summed E-state index contributed by atoms with van der Waals surface area (Å²) in [6, 6.07) is 10.8. The standard InChI is InChI=1S/C17H20FNO2/c1-11-5-8-15(17(9-11)21-4)19-12(2)13-6-7-14(18)16(10-13)20-3/h5-10,12,19H,1-4H3. The highest BCUT2D eigenvalue weighted by Crippen LogP contribution is 2.30. The lowest BCUT2D eigenvalue weighted by Crippen LogP contribution is -2.08. The zero-order chi connectivity index (χ0) is 15.4. The summed E-state index contributed by atoms with van der Waals surface area (Å²) in [7, 11) is 3.11. The SMILES string of the molecule is COc1cc(C(C)Nc2ccc(C)cc2OC)ccc1F. The lowest BCUT2D eigenvalue weighted by atomic mass is 10.1. The minimum absolute atomic E-state index is 0.00361. The number of anilines is 1. The molecule has 0 aliphatic rings. The number of hydrogen-bond acceptors (Lipinski definition) is 3. The van der Waals surface area contributed by atoms with Gasteiger partial charge in [0.25, 0.3) is 0 Å². The molecule has 0 saturated carbocycles. The number of aryl methyl sites for hydroxylation is 1. The second-order valence-electron chi connectivity index (χ2n) is 4.96. The summed E-state index contributed by atoms with van der Waals surface area (Å²) < 4.78 is 23.9. The molecule has 1 unspecified atom stereocenters. The molecule has 4 heteroatoms. The highest BCUT2D eigenvalue weighted by Gasteiger charge is 2.12. The fraction of sp³-hybridized carbons (Fsp3) is 0.294. The van der Waals surface area contributed by atoms with Gasteiger partial charge in [-0.25, -0.2) is 4.39 Å². The van der Waals surface area contributed by atoms with Crippen LogP contribution < -0.4 is 14.8 Å². The molecule has 2 rings (SSSR count). The van der Waals surface area contributed by atoms with Crippen molar-refractivity contribution >= 4 is 5.69 Å². The van der Waals surface area contributed by atoms with E-state index >= 15 is 0 Å². The Labute approximate surface area is 124 Å². The molecule has 1 atom stereocenters. The van der Waals surface area contributed by atoms with Crippen molar-refractivity contribution in [3.05, 3.63) is 53.3 Å². The average molecular weight is 289 g/mol. The molecule has 0 saturated heterocycles. The highest BCUT2D eigenvalue weighted by atomic mass is 19.1. The van der Waals surface area contributed by atoms with Gasteiger partial charge in [-0.15, -0.1) is 0 Å². The highest BCUT2D eigenvalue weighted by molar-refractivity contribution is 5.58. The number of benzene rings is 2. The Balaban J connectivity index is 2.23. The summed E-state index contributed by atoms with van der Waals surface area (Å²) in [5.41, 5.74) is 2.98. The van der Waals surface area contributed by atoms with Gasteiger partial charge in [-0.05, 0) is 49.2 Å². The van der Waals surface area contributed by atoms with Crippen molar-refractivity contribution in [2.24, 2.45) is 0 Å². The molecule has 0 bridgehead atoms. The molecule has 21 heavy (non-hydrogen) atoms. The number of ether oxygens (including phenoxy) is 2. The van der Waals surface area contributed by atoms with Crippen LogP contribution in [-0.4, -0.2) is 14.2 Å². The summed E-state index contributed by atoms with van der Waals surface area (Å²) in [4.78, 5) is 0. The van der Waals surface area contributed by atoms with Gasteiger partial charge in [-0.1, -0.05) is 12.1 Å². The van der Waals surface area contributed by atoms with Gasteiger partial charge in [-0.2, -0.15) is 0 Å². The van der Waals surface area contributed by atoms with Crippen molar-refractivity contribution < 1.29 is 13.9 Å². The fourth-order valence-electron chi connectivity index (χ4n) is 2.18. The third kappa shape index (κ3) is 3.45. The van der Waals surface area contributed by atoms with Crippen molar-refractivity contribution in [2.45, 2.75) is 19.9 Å². The Hall–Kier alpha value is -2.23. The maximum atomic E-state index is 13.5. The fourth-order valence-corrected chi connectivity index (χ4v) is 2.18. The minimum Gasteiger partial charge on any atom is -0.495 e. The van der Waals surface area contributed by atoms with Gasteiger partial charge in [0.2, 0.25) is 0 Å². The van der Waals surface area contributed by atoms with E-state index in [1.807, 2.05) is 32.0 Å². The van der Waals surface area contributed by atoms with E-state index in [2.05, 4.69) is 5.32 Å². The van der Waals surface area contributed by atoms with Crippen LogP contribution in [-0.2, 0) is 0 Å². The molecule has 0 spiro atoms. The number of methoxy groups -OCH3 is 2. The van der Waals surface area contributed by atoms with E-state index in [-0.39, 0.29) is 17.6 Å². The Kier molecular flexibility index (Phi) is 4.68. The van der Waals surface area contributed by atoms with E-state index in [4.69, 9.17) is 9.47 Å². The van der Waals surface area contributed by atoms with Crippen LogP contribution in [0.4, 0.5) is 10.1 Å². The maximum Gasteiger partial charge on any atom is 0.165 e. The summed E-state index contributed by atoms with van der Waals surface area (Å²) in [6.07, 6.45) is 0. The van der Waals surface area contributed by atoms with Crippen LogP contribution in [0.3, 0.4) is 0 Å². The minimum atomic E-state index is -0.360. The largest absolute Gasteiger partial charge is 0.495 e.